The number of thioether (sulfide) groups is 1. The van der Waals surface area contributed by atoms with Crippen molar-refractivity contribution in [2.75, 3.05) is 19.6 Å². The molecule has 6 heteroatoms. The molecule has 0 unspecified atom stereocenters. The molecule has 1 aromatic heterocycles. The third kappa shape index (κ3) is 3.21. The van der Waals surface area contributed by atoms with Crippen molar-refractivity contribution in [2.24, 2.45) is 4.99 Å². The van der Waals surface area contributed by atoms with Gasteiger partial charge < -0.3 is 10.2 Å². The van der Waals surface area contributed by atoms with Gasteiger partial charge in [0.2, 0.25) is 0 Å². The molecule has 0 atom stereocenters. The van der Waals surface area contributed by atoms with E-state index in [2.05, 4.69) is 25.6 Å². The van der Waals surface area contributed by atoms with E-state index < -0.39 is 0 Å². The quantitative estimate of drug-likeness (QED) is 0.898. The second-order valence-corrected chi connectivity index (χ2v) is 7.52. The molecule has 0 bridgehead atoms. The molecule has 2 aliphatic heterocycles. The molecule has 1 amide bonds. The maximum atomic E-state index is 12.8. The topological polar surface area (TPSA) is 57.6 Å². The molecule has 0 fully saturated rings. The fourth-order valence-corrected chi connectivity index (χ4v) is 4.43. The molecule has 134 valence electrons. The Balaban J connectivity index is 1.46. The molecule has 4 rings (SSSR count). The largest absolute Gasteiger partial charge is 0.352 e. The van der Waals surface area contributed by atoms with Gasteiger partial charge in [0.1, 0.15) is 0 Å². The first-order chi connectivity index (χ1) is 12.6. The van der Waals surface area contributed by atoms with Gasteiger partial charge in [0.05, 0.1) is 11.1 Å². The number of pyridine rings is 1. The number of para-hydroxylation sites is 1. The molecular weight excluding hydrogens is 344 g/mol. The van der Waals surface area contributed by atoms with Crippen LogP contribution in [0.5, 0.6) is 0 Å². The summed E-state index contributed by atoms with van der Waals surface area (Å²) in [5.41, 5.74) is 4.81. The van der Waals surface area contributed by atoms with Crippen molar-refractivity contribution in [3.8, 4) is 0 Å². The van der Waals surface area contributed by atoms with Crippen LogP contribution in [-0.4, -0.2) is 40.6 Å². The van der Waals surface area contributed by atoms with Gasteiger partial charge in [-0.1, -0.05) is 30.0 Å². The lowest BCUT2D eigenvalue weighted by molar-refractivity contribution is 0.0955. The number of amides is 1. The van der Waals surface area contributed by atoms with Crippen molar-refractivity contribution in [3.05, 3.63) is 52.2 Å². The molecule has 5 nitrogen and oxygen atoms in total. The van der Waals surface area contributed by atoms with Gasteiger partial charge in [-0.15, -0.1) is 0 Å². The number of carbonyl (C=O) groups excluding carboxylic acids is 1. The smallest absolute Gasteiger partial charge is 0.252 e. The Bertz CT molecular complexity index is 935. The van der Waals surface area contributed by atoms with Crippen LogP contribution in [0.3, 0.4) is 0 Å². The highest BCUT2D eigenvalue weighted by molar-refractivity contribution is 8.16. The van der Waals surface area contributed by atoms with Crippen LogP contribution < -0.4 is 5.32 Å². The number of fused-ring (bicyclic) bond motifs is 2. The minimum Gasteiger partial charge on any atom is -0.352 e. The van der Waals surface area contributed by atoms with E-state index >= 15 is 0 Å². The van der Waals surface area contributed by atoms with Gasteiger partial charge in [-0.05, 0) is 37.3 Å². The SMILES string of the molecule is Cc1cc(C(=O)NCCC2=CSC3=NCCCN23)c2cccc(C)c2n1. The van der Waals surface area contributed by atoms with Crippen molar-refractivity contribution < 1.29 is 4.79 Å². The number of hydrogen-bond acceptors (Lipinski definition) is 5. The molecule has 2 aromatic rings. The minimum absolute atomic E-state index is 0.0371. The van der Waals surface area contributed by atoms with Crippen LogP contribution in [0, 0.1) is 13.8 Å². The second kappa shape index (κ2) is 7.11. The summed E-state index contributed by atoms with van der Waals surface area (Å²) in [6.45, 7) is 6.52. The van der Waals surface area contributed by atoms with Gasteiger partial charge in [0.15, 0.2) is 5.17 Å². The first-order valence-electron chi connectivity index (χ1n) is 8.96. The maximum Gasteiger partial charge on any atom is 0.252 e. The Kier molecular flexibility index (Phi) is 4.68. The summed E-state index contributed by atoms with van der Waals surface area (Å²) in [6, 6.07) is 7.84. The lowest BCUT2D eigenvalue weighted by Gasteiger charge is -2.25. The van der Waals surface area contributed by atoms with Crippen LogP contribution >= 0.6 is 11.8 Å². The molecule has 1 aromatic carbocycles. The van der Waals surface area contributed by atoms with Crippen LogP contribution in [-0.2, 0) is 0 Å². The zero-order valence-corrected chi connectivity index (χ0v) is 15.9. The van der Waals surface area contributed by atoms with E-state index in [0.717, 1.165) is 53.3 Å². The number of aryl methyl sites for hydroxylation is 2. The van der Waals surface area contributed by atoms with Gasteiger partial charge in [-0.2, -0.15) is 0 Å². The first kappa shape index (κ1) is 17.1. The number of rotatable bonds is 4. The lowest BCUT2D eigenvalue weighted by atomic mass is 10.0. The number of nitrogens with zero attached hydrogens (tertiary/aromatic N) is 3. The molecular formula is C20H22N4OS. The predicted molar refractivity (Wildman–Crippen MR) is 107 cm³/mol. The standard InChI is InChI=1S/C20H22N4OS/c1-13-5-3-6-16-17(11-14(2)23-18(13)16)19(25)21-9-7-15-12-26-20-22-8-4-10-24(15)20/h3,5-6,11-12H,4,7-10H2,1-2H3,(H,21,25). The van der Waals surface area contributed by atoms with Gasteiger partial charge in [0.25, 0.3) is 5.91 Å². The molecule has 2 aliphatic rings. The summed E-state index contributed by atoms with van der Waals surface area (Å²) in [5, 5.41) is 7.25. The third-order valence-corrected chi connectivity index (χ3v) is 5.70. The van der Waals surface area contributed by atoms with Crippen LogP contribution in [0.4, 0.5) is 0 Å². The average Bonchev–Trinajstić information content (AvgIpc) is 3.05. The molecule has 1 N–H and O–H groups in total. The van der Waals surface area contributed by atoms with Crippen molar-refractivity contribution in [2.45, 2.75) is 26.7 Å². The monoisotopic (exact) mass is 366 g/mol. The number of amidine groups is 1. The van der Waals surface area contributed by atoms with E-state index in [9.17, 15) is 4.79 Å². The van der Waals surface area contributed by atoms with Crippen LogP contribution in [0.1, 0.15) is 34.5 Å². The summed E-state index contributed by atoms with van der Waals surface area (Å²) >= 11 is 1.69. The molecule has 0 spiro atoms. The molecule has 3 heterocycles. The molecule has 0 saturated heterocycles. The zero-order valence-electron chi connectivity index (χ0n) is 15.1. The summed E-state index contributed by atoms with van der Waals surface area (Å²) in [7, 11) is 0. The fraction of sp³-hybridized carbons (Fsp3) is 0.350. The van der Waals surface area contributed by atoms with Crippen LogP contribution in [0.25, 0.3) is 10.9 Å². The van der Waals surface area contributed by atoms with Crippen molar-refractivity contribution in [3.63, 3.8) is 0 Å². The van der Waals surface area contributed by atoms with Crippen LogP contribution in [0.15, 0.2) is 40.4 Å². The molecule has 0 radical (unpaired) electrons. The summed E-state index contributed by atoms with van der Waals surface area (Å²) in [5.74, 6) is -0.0371. The minimum atomic E-state index is -0.0371. The molecule has 0 aliphatic carbocycles. The second-order valence-electron chi connectivity index (χ2n) is 6.68. The van der Waals surface area contributed by atoms with Gasteiger partial charge in [-0.25, -0.2) is 0 Å². The fourth-order valence-electron chi connectivity index (χ4n) is 3.44. The Labute approximate surface area is 157 Å². The van der Waals surface area contributed by atoms with Crippen molar-refractivity contribution in [1.29, 1.82) is 0 Å². The van der Waals surface area contributed by atoms with Gasteiger partial charge in [0, 0.05) is 42.8 Å². The van der Waals surface area contributed by atoms with Gasteiger partial charge in [-0.3, -0.25) is 14.8 Å². The summed E-state index contributed by atoms with van der Waals surface area (Å²) in [4.78, 5) is 24.2. The number of carbonyl (C=O) groups is 1. The number of aromatic nitrogens is 1. The normalized spacial score (nSPS) is 16.3. The Hall–Kier alpha value is -2.34. The Morgan fingerprint density at radius 2 is 2.23 bits per heavy atom. The van der Waals surface area contributed by atoms with E-state index in [1.807, 2.05) is 38.1 Å². The number of benzene rings is 1. The first-order valence-corrected chi connectivity index (χ1v) is 9.84. The predicted octanol–water partition coefficient (Wildman–Crippen LogP) is 3.62. The highest BCUT2D eigenvalue weighted by atomic mass is 32.2. The zero-order chi connectivity index (χ0) is 18.1. The van der Waals surface area contributed by atoms with Crippen molar-refractivity contribution >= 4 is 33.7 Å². The van der Waals surface area contributed by atoms with E-state index in [1.54, 1.807) is 11.8 Å². The highest BCUT2D eigenvalue weighted by Gasteiger charge is 2.24. The highest BCUT2D eigenvalue weighted by Crippen LogP contribution is 2.30. The van der Waals surface area contributed by atoms with E-state index in [-0.39, 0.29) is 5.91 Å². The Morgan fingerprint density at radius 3 is 3.12 bits per heavy atom. The maximum absolute atomic E-state index is 12.8. The third-order valence-electron chi connectivity index (χ3n) is 4.75. The summed E-state index contributed by atoms with van der Waals surface area (Å²) < 4.78 is 0. The van der Waals surface area contributed by atoms with E-state index in [1.165, 1.54) is 5.70 Å². The van der Waals surface area contributed by atoms with Gasteiger partial charge >= 0.3 is 0 Å². The van der Waals surface area contributed by atoms with Crippen molar-refractivity contribution in [1.82, 2.24) is 15.2 Å². The van der Waals surface area contributed by atoms with E-state index in [0.29, 0.717) is 12.1 Å². The van der Waals surface area contributed by atoms with E-state index in [4.69, 9.17) is 0 Å². The average molecular weight is 366 g/mol. The lowest BCUT2D eigenvalue weighted by Crippen LogP contribution is -2.32. The molecule has 26 heavy (non-hydrogen) atoms. The van der Waals surface area contributed by atoms with Crippen LogP contribution in [0.2, 0.25) is 0 Å². The number of aliphatic imine (C=N–C) groups is 1. The number of nitrogens with one attached hydrogen (secondary N) is 1. The molecule has 0 saturated carbocycles. The summed E-state index contributed by atoms with van der Waals surface area (Å²) in [6.07, 6.45) is 1.91. The Morgan fingerprint density at radius 1 is 1.35 bits per heavy atom. The number of hydrogen-bond donors (Lipinski definition) is 1.